The molecule has 0 aliphatic carbocycles. The molecular formula is C18H22ClN3O3. The first kappa shape index (κ1) is 17.7. The maximum Gasteiger partial charge on any atom is 0.251 e. The van der Waals surface area contributed by atoms with Crippen LogP contribution in [0.5, 0.6) is 0 Å². The molecule has 0 radical (unpaired) electrons. The highest BCUT2D eigenvalue weighted by Gasteiger charge is 2.46. The number of nitrogens with zero attached hydrogens (tertiary/aromatic N) is 1. The Morgan fingerprint density at radius 2 is 2.16 bits per heavy atom. The molecule has 25 heavy (non-hydrogen) atoms. The summed E-state index contributed by atoms with van der Waals surface area (Å²) < 4.78 is 0. The maximum atomic E-state index is 12.6. The molecule has 3 atom stereocenters. The number of fused-ring (bicyclic) bond motifs is 1. The lowest BCUT2D eigenvalue weighted by atomic mass is 9.99. The minimum Gasteiger partial charge on any atom is -0.347 e. The van der Waals surface area contributed by atoms with Gasteiger partial charge in [0.05, 0.1) is 0 Å². The summed E-state index contributed by atoms with van der Waals surface area (Å²) in [4.78, 5) is 38.9. The van der Waals surface area contributed by atoms with Crippen molar-refractivity contribution >= 4 is 29.3 Å². The van der Waals surface area contributed by atoms with Crippen molar-refractivity contribution in [3.63, 3.8) is 0 Å². The number of carbonyl (C=O) groups excluding carboxylic acids is 3. The molecule has 0 unspecified atom stereocenters. The molecule has 2 heterocycles. The number of nitrogens with one attached hydrogen (secondary N) is 2. The van der Waals surface area contributed by atoms with Gasteiger partial charge >= 0.3 is 0 Å². The van der Waals surface area contributed by atoms with E-state index in [9.17, 15) is 14.4 Å². The van der Waals surface area contributed by atoms with Crippen LogP contribution in [0.1, 0.15) is 37.0 Å². The molecule has 7 heteroatoms. The molecule has 2 N–H and O–H groups in total. The molecule has 2 aliphatic rings. The minimum atomic E-state index is -0.499. The van der Waals surface area contributed by atoms with E-state index in [0.29, 0.717) is 35.9 Å². The van der Waals surface area contributed by atoms with Gasteiger partial charge in [0.15, 0.2) is 0 Å². The summed E-state index contributed by atoms with van der Waals surface area (Å²) in [6.07, 6.45) is 1.05. The molecule has 3 rings (SSSR count). The van der Waals surface area contributed by atoms with E-state index in [1.165, 1.54) is 0 Å². The predicted molar refractivity (Wildman–Crippen MR) is 94.2 cm³/mol. The summed E-state index contributed by atoms with van der Waals surface area (Å²) in [5.41, 5.74) is 0.464. The van der Waals surface area contributed by atoms with Crippen LogP contribution in [0.4, 0.5) is 0 Å². The van der Waals surface area contributed by atoms with Crippen molar-refractivity contribution in [2.45, 2.75) is 44.8 Å². The average molecular weight is 364 g/mol. The minimum absolute atomic E-state index is 0.0576. The van der Waals surface area contributed by atoms with Gasteiger partial charge in [-0.05, 0) is 37.0 Å². The Labute approximate surface area is 151 Å². The van der Waals surface area contributed by atoms with E-state index in [2.05, 4.69) is 10.6 Å². The van der Waals surface area contributed by atoms with Crippen LogP contribution in [0.25, 0.3) is 0 Å². The molecular weight excluding hydrogens is 342 g/mol. The second-order valence-electron chi connectivity index (χ2n) is 7.11. The monoisotopic (exact) mass is 363 g/mol. The van der Waals surface area contributed by atoms with Crippen LogP contribution in [0.2, 0.25) is 5.02 Å². The Bertz CT molecular complexity index is 707. The molecule has 1 aromatic rings. The van der Waals surface area contributed by atoms with Gasteiger partial charge in [0, 0.05) is 23.2 Å². The maximum absolute atomic E-state index is 12.6. The molecule has 0 spiro atoms. The number of hydrogen-bond acceptors (Lipinski definition) is 3. The molecule has 2 aliphatic heterocycles. The highest BCUT2D eigenvalue weighted by Crippen LogP contribution is 2.25. The van der Waals surface area contributed by atoms with Crippen molar-refractivity contribution in [1.29, 1.82) is 0 Å². The van der Waals surface area contributed by atoms with Crippen LogP contribution >= 0.6 is 11.6 Å². The Hall–Kier alpha value is -2.08. The number of carbonyl (C=O) groups is 3. The van der Waals surface area contributed by atoms with E-state index in [4.69, 9.17) is 11.6 Å². The average Bonchev–Trinajstić information content (AvgIpc) is 2.96. The number of halogens is 1. The second-order valence-corrected chi connectivity index (χ2v) is 7.55. The molecule has 2 fully saturated rings. The van der Waals surface area contributed by atoms with Gasteiger partial charge in [-0.3, -0.25) is 14.4 Å². The second kappa shape index (κ2) is 7.04. The molecule has 3 amide bonds. The van der Waals surface area contributed by atoms with Gasteiger partial charge in [-0.2, -0.15) is 0 Å². The number of amides is 3. The van der Waals surface area contributed by atoms with Crippen LogP contribution < -0.4 is 10.6 Å². The summed E-state index contributed by atoms with van der Waals surface area (Å²) in [5, 5.41) is 6.21. The summed E-state index contributed by atoms with van der Waals surface area (Å²) >= 11 is 5.91. The van der Waals surface area contributed by atoms with E-state index in [-0.39, 0.29) is 23.8 Å². The largest absolute Gasteiger partial charge is 0.347 e. The van der Waals surface area contributed by atoms with Gasteiger partial charge in [-0.1, -0.05) is 31.5 Å². The molecule has 0 saturated carbocycles. The zero-order chi connectivity index (χ0) is 18.1. The highest BCUT2D eigenvalue weighted by atomic mass is 35.5. The van der Waals surface area contributed by atoms with E-state index >= 15 is 0 Å². The molecule has 2 saturated heterocycles. The predicted octanol–water partition coefficient (Wildman–Crippen LogP) is 1.58. The third-order valence-electron chi connectivity index (χ3n) is 4.63. The summed E-state index contributed by atoms with van der Waals surface area (Å²) in [5.74, 6) is -0.131. The van der Waals surface area contributed by atoms with Crippen LogP contribution in [0, 0.1) is 5.92 Å². The van der Waals surface area contributed by atoms with Gasteiger partial charge in [0.1, 0.15) is 12.1 Å². The first-order valence-electron chi connectivity index (χ1n) is 8.52. The van der Waals surface area contributed by atoms with Gasteiger partial charge in [0.2, 0.25) is 11.8 Å². The quantitative estimate of drug-likeness (QED) is 0.852. The van der Waals surface area contributed by atoms with E-state index < -0.39 is 12.1 Å². The van der Waals surface area contributed by atoms with Crippen molar-refractivity contribution in [2.24, 2.45) is 5.92 Å². The zero-order valence-electron chi connectivity index (χ0n) is 14.3. The molecule has 0 bridgehead atoms. The summed E-state index contributed by atoms with van der Waals surface area (Å²) in [7, 11) is 0. The van der Waals surface area contributed by atoms with Crippen LogP contribution in [-0.4, -0.2) is 47.3 Å². The van der Waals surface area contributed by atoms with Crippen LogP contribution in [0.3, 0.4) is 0 Å². The molecule has 134 valence electrons. The highest BCUT2D eigenvalue weighted by molar-refractivity contribution is 6.30. The van der Waals surface area contributed by atoms with E-state index in [1.54, 1.807) is 29.2 Å². The fraction of sp³-hybridized carbons (Fsp3) is 0.500. The Kier molecular flexibility index (Phi) is 4.99. The van der Waals surface area contributed by atoms with Gasteiger partial charge in [0.25, 0.3) is 5.91 Å². The lowest BCUT2D eigenvalue weighted by Gasteiger charge is -2.35. The smallest absolute Gasteiger partial charge is 0.251 e. The Morgan fingerprint density at radius 3 is 2.84 bits per heavy atom. The number of hydrogen-bond donors (Lipinski definition) is 2. The van der Waals surface area contributed by atoms with Crippen molar-refractivity contribution in [2.75, 3.05) is 6.54 Å². The van der Waals surface area contributed by atoms with Gasteiger partial charge in [-0.25, -0.2) is 0 Å². The summed E-state index contributed by atoms with van der Waals surface area (Å²) in [6, 6.07) is 5.47. The SMILES string of the molecule is CC(C)C[C@@H]1NC(=O)[C@@H]2C[C@H](NC(=O)c3cccc(Cl)c3)CN2C1=O. The van der Waals surface area contributed by atoms with E-state index in [1.807, 2.05) is 13.8 Å². The van der Waals surface area contributed by atoms with Crippen molar-refractivity contribution in [1.82, 2.24) is 15.5 Å². The third-order valence-corrected chi connectivity index (χ3v) is 4.87. The lowest BCUT2D eigenvalue weighted by molar-refractivity contribution is -0.147. The summed E-state index contributed by atoms with van der Waals surface area (Å²) in [6.45, 7) is 4.39. The van der Waals surface area contributed by atoms with Crippen molar-refractivity contribution < 1.29 is 14.4 Å². The normalized spacial score (nSPS) is 25.8. The lowest BCUT2D eigenvalue weighted by Crippen LogP contribution is -2.61. The zero-order valence-corrected chi connectivity index (χ0v) is 15.0. The van der Waals surface area contributed by atoms with Crippen LogP contribution in [-0.2, 0) is 9.59 Å². The fourth-order valence-electron chi connectivity index (χ4n) is 3.49. The number of rotatable bonds is 4. The first-order valence-corrected chi connectivity index (χ1v) is 8.90. The van der Waals surface area contributed by atoms with E-state index in [0.717, 1.165) is 0 Å². The van der Waals surface area contributed by atoms with Crippen molar-refractivity contribution in [3.8, 4) is 0 Å². The Balaban J connectivity index is 1.67. The van der Waals surface area contributed by atoms with Crippen LogP contribution in [0.15, 0.2) is 24.3 Å². The number of piperazine rings is 1. The molecule has 0 aromatic heterocycles. The molecule has 1 aromatic carbocycles. The topological polar surface area (TPSA) is 78.5 Å². The fourth-order valence-corrected chi connectivity index (χ4v) is 3.68. The Morgan fingerprint density at radius 1 is 1.40 bits per heavy atom. The first-order chi connectivity index (χ1) is 11.8. The van der Waals surface area contributed by atoms with Crippen molar-refractivity contribution in [3.05, 3.63) is 34.9 Å². The van der Waals surface area contributed by atoms with Gasteiger partial charge < -0.3 is 15.5 Å². The number of benzene rings is 1. The van der Waals surface area contributed by atoms with Gasteiger partial charge in [-0.15, -0.1) is 0 Å². The third kappa shape index (κ3) is 3.79. The standard InChI is InChI=1S/C18H22ClN3O3/c1-10(2)6-14-18(25)22-9-13(8-15(22)17(24)21-14)20-16(23)11-4-3-5-12(19)7-11/h3-5,7,10,13-15H,6,8-9H2,1-2H3,(H,20,23)(H,21,24)/t13-,14-,15-/m0/s1. The molecule has 6 nitrogen and oxygen atoms in total.